The molecule has 0 unspecified atom stereocenters. The van der Waals surface area contributed by atoms with E-state index in [0.717, 1.165) is 0 Å². The van der Waals surface area contributed by atoms with Gasteiger partial charge in [0.25, 0.3) is 0 Å². The number of amides is 1. The fourth-order valence-electron chi connectivity index (χ4n) is 0.697. The van der Waals surface area contributed by atoms with Gasteiger partial charge in [0.2, 0.25) is 5.91 Å². The number of carbonyl (C=O) groups is 1. The van der Waals surface area contributed by atoms with Crippen molar-refractivity contribution in [1.29, 1.82) is 0 Å². The van der Waals surface area contributed by atoms with Crippen molar-refractivity contribution in [3.63, 3.8) is 0 Å². The minimum atomic E-state index is -3.10. The van der Waals surface area contributed by atoms with E-state index in [1.54, 1.807) is 13.8 Å². The van der Waals surface area contributed by atoms with Crippen molar-refractivity contribution >= 4 is 15.7 Å². The second kappa shape index (κ2) is 4.75. The summed E-state index contributed by atoms with van der Waals surface area (Å²) in [5, 5.41) is 5.23. The summed E-state index contributed by atoms with van der Waals surface area (Å²) in [5.74, 6) is -0.158. The summed E-state index contributed by atoms with van der Waals surface area (Å²) < 4.78 is 21.7. The van der Waals surface area contributed by atoms with E-state index in [-0.39, 0.29) is 19.0 Å². The molecule has 14 heavy (non-hydrogen) atoms. The molecule has 0 atom stereocenters. The van der Waals surface area contributed by atoms with Crippen LogP contribution in [0.25, 0.3) is 0 Å². The Balaban J connectivity index is 4.08. The van der Waals surface area contributed by atoms with Gasteiger partial charge in [0, 0.05) is 19.8 Å². The van der Waals surface area contributed by atoms with Gasteiger partial charge in [0.15, 0.2) is 9.84 Å². The summed E-state index contributed by atoms with van der Waals surface area (Å²) in [6, 6.07) is 0. The second-order valence-electron chi connectivity index (χ2n) is 3.81. The van der Waals surface area contributed by atoms with E-state index in [4.69, 9.17) is 0 Å². The Labute approximate surface area is 85.2 Å². The van der Waals surface area contributed by atoms with Gasteiger partial charge in [-0.3, -0.25) is 4.79 Å². The van der Waals surface area contributed by atoms with Crippen LogP contribution in [0.3, 0.4) is 0 Å². The largest absolute Gasteiger partial charge is 0.358 e. The zero-order valence-electron chi connectivity index (χ0n) is 9.05. The molecule has 0 spiro atoms. The molecule has 6 heteroatoms. The van der Waals surface area contributed by atoms with Crippen LogP contribution in [-0.2, 0) is 14.6 Å². The van der Waals surface area contributed by atoms with Crippen molar-refractivity contribution in [1.82, 2.24) is 10.6 Å². The fourth-order valence-corrected chi connectivity index (χ4v) is 1.06. The molecule has 0 aliphatic heterocycles. The van der Waals surface area contributed by atoms with Crippen LogP contribution >= 0.6 is 0 Å². The van der Waals surface area contributed by atoms with Crippen molar-refractivity contribution in [3.8, 4) is 0 Å². The van der Waals surface area contributed by atoms with Crippen LogP contribution < -0.4 is 10.6 Å². The quantitative estimate of drug-likeness (QED) is 0.635. The maximum atomic E-state index is 11.3. The highest BCUT2D eigenvalue weighted by Crippen LogP contribution is 2.12. The fraction of sp³-hybridized carbons (Fsp3) is 0.875. The molecule has 1 amide bonds. The van der Waals surface area contributed by atoms with E-state index in [1.807, 2.05) is 0 Å². The predicted molar refractivity (Wildman–Crippen MR) is 55.9 cm³/mol. The molecule has 0 saturated carbocycles. The first-order chi connectivity index (χ1) is 6.20. The third kappa shape index (κ3) is 4.06. The SMILES string of the molecule is CNC(=O)CNCC(C)(C)S(C)(=O)=O. The lowest BCUT2D eigenvalue weighted by Crippen LogP contribution is -2.44. The third-order valence-corrected chi connectivity index (χ3v) is 4.27. The lowest BCUT2D eigenvalue weighted by molar-refractivity contribution is -0.119. The number of rotatable bonds is 5. The van der Waals surface area contributed by atoms with Crippen LogP contribution in [0.2, 0.25) is 0 Å². The van der Waals surface area contributed by atoms with Gasteiger partial charge >= 0.3 is 0 Å². The van der Waals surface area contributed by atoms with E-state index in [2.05, 4.69) is 10.6 Å². The number of hydrogen-bond donors (Lipinski definition) is 2. The van der Waals surface area contributed by atoms with Crippen molar-refractivity contribution in [2.45, 2.75) is 18.6 Å². The molecule has 0 aromatic rings. The molecule has 0 aliphatic rings. The monoisotopic (exact) mass is 222 g/mol. The van der Waals surface area contributed by atoms with Gasteiger partial charge in [-0.25, -0.2) is 8.42 Å². The van der Waals surface area contributed by atoms with Crippen molar-refractivity contribution < 1.29 is 13.2 Å². The Morgan fingerprint density at radius 3 is 2.21 bits per heavy atom. The summed E-state index contributed by atoms with van der Waals surface area (Å²) in [6.45, 7) is 3.65. The first kappa shape index (κ1) is 13.4. The topological polar surface area (TPSA) is 75.3 Å². The zero-order valence-corrected chi connectivity index (χ0v) is 9.86. The summed E-state index contributed by atoms with van der Waals surface area (Å²) in [4.78, 5) is 10.8. The summed E-state index contributed by atoms with van der Waals surface area (Å²) >= 11 is 0. The molecule has 0 bridgehead atoms. The molecule has 84 valence electrons. The van der Waals surface area contributed by atoms with Crippen LogP contribution in [0.15, 0.2) is 0 Å². The highest BCUT2D eigenvalue weighted by Gasteiger charge is 2.29. The average molecular weight is 222 g/mol. The van der Waals surface area contributed by atoms with Crippen molar-refractivity contribution in [2.75, 3.05) is 26.4 Å². The molecule has 0 fully saturated rings. The van der Waals surface area contributed by atoms with Gasteiger partial charge in [-0.15, -0.1) is 0 Å². The summed E-state index contributed by atoms with van der Waals surface area (Å²) in [5.41, 5.74) is 0. The lowest BCUT2D eigenvalue weighted by Gasteiger charge is -2.22. The second-order valence-corrected chi connectivity index (χ2v) is 6.46. The number of nitrogens with one attached hydrogen (secondary N) is 2. The van der Waals surface area contributed by atoms with Gasteiger partial charge in [-0.2, -0.15) is 0 Å². The minimum Gasteiger partial charge on any atom is -0.358 e. The van der Waals surface area contributed by atoms with E-state index in [1.165, 1.54) is 13.3 Å². The third-order valence-electron chi connectivity index (χ3n) is 2.12. The zero-order chi connectivity index (χ0) is 11.4. The van der Waals surface area contributed by atoms with E-state index < -0.39 is 14.6 Å². The Hall–Kier alpha value is -0.620. The first-order valence-electron chi connectivity index (χ1n) is 4.31. The van der Waals surface area contributed by atoms with Gasteiger partial charge in [0.05, 0.1) is 11.3 Å². The molecule has 0 heterocycles. The molecule has 0 radical (unpaired) electrons. The van der Waals surface area contributed by atoms with Crippen LogP contribution in [-0.4, -0.2) is 45.5 Å². The number of hydrogen-bond acceptors (Lipinski definition) is 4. The van der Waals surface area contributed by atoms with E-state index in [0.29, 0.717) is 0 Å². The molecule has 0 rings (SSSR count). The number of likely N-dealkylation sites (N-methyl/N-ethyl adjacent to an activating group) is 1. The molecule has 2 N–H and O–H groups in total. The molecule has 0 aromatic carbocycles. The highest BCUT2D eigenvalue weighted by atomic mass is 32.2. The smallest absolute Gasteiger partial charge is 0.233 e. The highest BCUT2D eigenvalue weighted by molar-refractivity contribution is 7.92. The molecular weight excluding hydrogens is 204 g/mol. The van der Waals surface area contributed by atoms with Gasteiger partial charge in [0.1, 0.15) is 0 Å². The van der Waals surface area contributed by atoms with Crippen LogP contribution in [0.5, 0.6) is 0 Å². The molecule has 0 aromatic heterocycles. The minimum absolute atomic E-state index is 0.134. The van der Waals surface area contributed by atoms with E-state index in [9.17, 15) is 13.2 Å². The standard InChI is InChI=1S/C8H18N2O3S/c1-8(2,14(4,12)13)6-10-5-7(11)9-3/h10H,5-6H2,1-4H3,(H,9,11). The van der Waals surface area contributed by atoms with Crippen LogP contribution in [0, 0.1) is 0 Å². The number of carbonyl (C=O) groups excluding carboxylic acids is 1. The summed E-state index contributed by atoms with van der Waals surface area (Å²) in [6.07, 6.45) is 1.19. The molecule has 5 nitrogen and oxygen atoms in total. The summed E-state index contributed by atoms with van der Waals surface area (Å²) in [7, 11) is -1.57. The van der Waals surface area contributed by atoms with Gasteiger partial charge < -0.3 is 10.6 Å². The average Bonchev–Trinajstić information content (AvgIpc) is 2.01. The maximum Gasteiger partial charge on any atom is 0.233 e. The van der Waals surface area contributed by atoms with Gasteiger partial charge in [-0.05, 0) is 13.8 Å². The predicted octanol–water partition coefficient (Wildman–Crippen LogP) is -0.855. The maximum absolute atomic E-state index is 11.3. The van der Waals surface area contributed by atoms with Crippen LogP contribution in [0.4, 0.5) is 0 Å². The Bertz CT molecular complexity index is 296. The Morgan fingerprint density at radius 1 is 1.36 bits per heavy atom. The Morgan fingerprint density at radius 2 is 1.86 bits per heavy atom. The van der Waals surface area contributed by atoms with Crippen molar-refractivity contribution in [2.24, 2.45) is 0 Å². The Kier molecular flexibility index (Phi) is 4.54. The van der Waals surface area contributed by atoms with Crippen molar-refractivity contribution in [3.05, 3.63) is 0 Å². The molecule has 0 saturated heterocycles. The van der Waals surface area contributed by atoms with Gasteiger partial charge in [-0.1, -0.05) is 0 Å². The molecule has 0 aliphatic carbocycles. The lowest BCUT2D eigenvalue weighted by atomic mass is 10.2. The van der Waals surface area contributed by atoms with E-state index >= 15 is 0 Å². The first-order valence-corrected chi connectivity index (χ1v) is 6.21. The van der Waals surface area contributed by atoms with Crippen LogP contribution in [0.1, 0.15) is 13.8 Å². The molecular formula is C8H18N2O3S. The normalized spacial score (nSPS) is 12.6. The number of sulfone groups is 1.